The van der Waals surface area contributed by atoms with Crippen molar-refractivity contribution < 1.29 is 0 Å². The Morgan fingerprint density at radius 2 is 0.369 bits per heavy atom. The van der Waals surface area contributed by atoms with E-state index < -0.39 is 10.8 Å². The molecule has 0 unspecified atom stereocenters. The first-order chi connectivity index (χ1) is 64.5. The largest absolute Gasteiger partial charge is 0.135 e. The third-order valence-electron chi connectivity index (χ3n) is 28.4. The van der Waals surface area contributed by atoms with E-state index in [4.69, 9.17) is 0 Å². The average Bonchev–Trinajstić information content (AvgIpc) is 1.51. The minimum Gasteiger partial charge on any atom is -0.135 e. The van der Waals surface area contributed by atoms with Crippen molar-refractivity contribution in [2.75, 3.05) is 0 Å². The average molecular weight is 1720 g/mol. The molecule has 0 amide bonds. The summed E-state index contributed by atoms with van der Waals surface area (Å²) in [6, 6.07) is 173. The van der Waals surface area contributed by atoms with Crippen molar-refractivity contribution in [3.63, 3.8) is 0 Å². The minimum atomic E-state index is -0.507. The molecule has 2 aliphatic carbocycles. The molecule has 0 spiro atoms. The van der Waals surface area contributed by atoms with Crippen molar-refractivity contribution >= 4 is 169 Å². The first kappa shape index (κ1) is 75.0. The van der Waals surface area contributed by atoms with Crippen LogP contribution in [0.1, 0.15) is 44.5 Å². The van der Waals surface area contributed by atoms with Gasteiger partial charge >= 0.3 is 0 Å². The molecule has 22 aromatic carbocycles. The Bertz CT molecular complexity index is 8760. The van der Waals surface area contributed by atoms with Gasteiger partial charge in [-0.3, -0.25) is 0 Å². The number of thiophene rings is 4. The second kappa shape index (κ2) is 29.7. The van der Waals surface area contributed by atoms with E-state index in [1.165, 1.54) is 257 Å². The van der Waals surface area contributed by atoms with Crippen LogP contribution in [0.2, 0.25) is 0 Å². The molecule has 0 atom stereocenters. The Morgan fingerprint density at radius 1 is 0.131 bits per heavy atom. The second-order valence-electron chi connectivity index (χ2n) is 34.7. The normalized spacial score (nSPS) is 13.0. The molecule has 0 radical (unpaired) electrons. The zero-order valence-corrected chi connectivity index (χ0v) is 73.8. The molecule has 0 saturated carbocycles. The highest BCUT2D eigenvalue weighted by atomic mass is 32.1. The Hall–Kier alpha value is -15.2. The van der Waals surface area contributed by atoms with E-state index in [2.05, 4.69) is 461 Å². The van der Waals surface area contributed by atoms with Crippen LogP contribution in [0, 0.1) is 0 Å². The maximum absolute atomic E-state index is 2.52. The van der Waals surface area contributed by atoms with Gasteiger partial charge in [-0.2, -0.15) is 0 Å². The van der Waals surface area contributed by atoms with Gasteiger partial charge in [0.05, 0.1) is 10.8 Å². The van der Waals surface area contributed by atoms with Crippen LogP contribution < -0.4 is 0 Å². The molecule has 2 aliphatic rings. The highest BCUT2D eigenvalue weighted by Crippen LogP contribution is 2.63. The van der Waals surface area contributed by atoms with Gasteiger partial charge in [-0.05, 0) is 214 Å². The van der Waals surface area contributed by atoms with E-state index in [0.717, 1.165) is 0 Å². The van der Waals surface area contributed by atoms with Gasteiger partial charge < -0.3 is 0 Å². The lowest BCUT2D eigenvalue weighted by molar-refractivity contribution is 0.768. The summed E-state index contributed by atoms with van der Waals surface area (Å²) in [7, 11) is 0. The molecule has 0 aliphatic heterocycles. The van der Waals surface area contributed by atoms with Crippen LogP contribution in [0.15, 0.2) is 461 Å². The van der Waals surface area contributed by atoms with Crippen LogP contribution in [-0.4, -0.2) is 0 Å². The van der Waals surface area contributed by atoms with Gasteiger partial charge in [0, 0.05) is 91.8 Å². The van der Waals surface area contributed by atoms with Crippen molar-refractivity contribution in [1.82, 2.24) is 0 Å². The maximum Gasteiger partial charge on any atom is 0.0713 e. The molecule has 26 aromatic rings. The lowest BCUT2D eigenvalue weighted by atomic mass is 9.67. The Morgan fingerprint density at radius 3 is 0.738 bits per heavy atom. The Labute approximate surface area is 768 Å². The summed E-state index contributed by atoms with van der Waals surface area (Å²) >= 11 is 7.58. The van der Waals surface area contributed by atoms with Gasteiger partial charge in [-0.25, -0.2) is 0 Å². The summed E-state index contributed by atoms with van der Waals surface area (Å²) in [5.74, 6) is 0. The molecule has 0 fully saturated rings. The molecule has 0 N–H and O–H groups in total. The van der Waals surface area contributed by atoms with Crippen LogP contribution >= 0.6 is 45.3 Å². The fourth-order valence-electron chi connectivity index (χ4n) is 23.2. The van der Waals surface area contributed by atoms with E-state index in [0.29, 0.717) is 0 Å². The van der Waals surface area contributed by atoms with E-state index in [1.54, 1.807) is 0 Å². The lowest BCUT2D eigenvalue weighted by Crippen LogP contribution is -2.28. The summed E-state index contributed by atoms with van der Waals surface area (Å²) in [5.41, 5.74) is 29.7. The zero-order valence-electron chi connectivity index (χ0n) is 70.5. The van der Waals surface area contributed by atoms with E-state index in [1.807, 2.05) is 45.3 Å². The molecule has 4 heterocycles. The van der Waals surface area contributed by atoms with Gasteiger partial charge in [0.25, 0.3) is 0 Å². The summed E-state index contributed by atoms with van der Waals surface area (Å²) in [6.07, 6.45) is 0. The fourth-order valence-corrected chi connectivity index (χ4v) is 27.9. The third-order valence-corrected chi connectivity index (χ3v) is 33.1. The van der Waals surface area contributed by atoms with Crippen LogP contribution in [0.5, 0.6) is 0 Å². The molecule has 0 bridgehead atoms. The molecule has 0 nitrogen and oxygen atoms in total. The molecule has 4 heteroatoms. The van der Waals surface area contributed by atoms with Crippen molar-refractivity contribution in [2.24, 2.45) is 0 Å². The van der Waals surface area contributed by atoms with Crippen molar-refractivity contribution in [3.8, 4) is 89.0 Å². The topological polar surface area (TPSA) is 0 Å². The predicted molar refractivity (Wildman–Crippen MR) is 562 cm³/mol. The van der Waals surface area contributed by atoms with E-state index in [-0.39, 0.29) is 0 Å². The fraction of sp³-hybridized carbons (Fsp3) is 0.0159. The SMILES string of the molecule is c1ccc(C2(c3ccccc3)c3ccccc3-c3c(-c4c5cccc(-c6cccc7c6sc6ccccc67)c5cc5c(-c6cccc7c6sc6ccccc67)cccc45)cccc32)cc1.c1ccc(C2(c3ccccc3)c3ccccc3-c3c(-c4c5cccc(-c6cccc7sc8ccccc8c67)c5cc5c(-c6cccc7sc8ccccc8c67)cccc45)cccc32)cc1. The summed E-state index contributed by atoms with van der Waals surface area (Å²) < 4.78 is 10.6. The highest BCUT2D eigenvalue weighted by molar-refractivity contribution is 7.27. The van der Waals surface area contributed by atoms with Gasteiger partial charge in [0.15, 0.2) is 0 Å². The first-order valence-electron chi connectivity index (χ1n) is 44.8. The minimum absolute atomic E-state index is 0.505. The van der Waals surface area contributed by atoms with Crippen molar-refractivity contribution in [3.05, 3.63) is 506 Å². The van der Waals surface area contributed by atoms with Gasteiger partial charge in [0.1, 0.15) is 0 Å². The highest BCUT2D eigenvalue weighted by Gasteiger charge is 2.49. The molecule has 4 aromatic heterocycles. The van der Waals surface area contributed by atoms with Gasteiger partial charge in [0.2, 0.25) is 0 Å². The molecule has 28 rings (SSSR count). The van der Waals surface area contributed by atoms with Gasteiger partial charge in [-0.15, -0.1) is 45.3 Å². The Balaban J connectivity index is 0.000000134. The first-order valence-corrected chi connectivity index (χ1v) is 48.1. The number of benzene rings is 22. The van der Waals surface area contributed by atoms with Crippen LogP contribution in [-0.2, 0) is 10.8 Å². The molecular weight excluding hydrogens is 1640 g/mol. The molecule has 604 valence electrons. The molecule has 130 heavy (non-hydrogen) atoms. The van der Waals surface area contributed by atoms with Crippen molar-refractivity contribution in [1.29, 1.82) is 0 Å². The van der Waals surface area contributed by atoms with Crippen molar-refractivity contribution in [2.45, 2.75) is 10.8 Å². The second-order valence-corrected chi connectivity index (χ2v) is 39.0. The predicted octanol–water partition coefficient (Wildman–Crippen LogP) is 36.2. The van der Waals surface area contributed by atoms with Crippen LogP contribution in [0.25, 0.3) is 213 Å². The van der Waals surface area contributed by atoms with Gasteiger partial charge in [-0.1, -0.05) is 413 Å². The monoisotopic (exact) mass is 1720 g/mol. The number of rotatable bonds is 10. The van der Waals surface area contributed by atoms with Crippen LogP contribution in [0.4, 0.5) is 0 Å². The van der Waals surface area contributed by atoms with Crippen LogP contribution in [0.3, 0.4) is 0 Å². The number of fused-ring (bicyclic) bond motifs is 22. The van der Waals surface area contributed by atoms with E-state index >= 15 is 0 Å². The quantitative estimate of drug-likeness (QED) is 0.120. The zero-order chi connectivity index (χ0) is 85.3. The smallest absolute Gasteiger partial charge is 0.0713 e. The molecular formula is C126H76S4. The Kier molecular flexibility index (Phi) is 17.1. The summed E-state index contributed by atoms with van der Waals surface area (Å²) in [5, 5.41) is 20.6. The third kappa shape index (κ3) is 10.9. The molecule has 0 saturated heterocycles. The van der Waals surface area contributed by atoms with E-state index in [9.17, 15) is 0 Å². The maximum atomic E-state index is 2.52. The summed E-state index contributed by atoms with van der Waals surface area (Å²) in [6.45, 7) is 0. The number of hydrogen-bond acceptors (Lipinski definition) is 4. The standard InChI is InChI=1S/2C63H38S2/c1-3-18-39(19-4-1)63(40-20-5-2-6-21-40)55-34-10-7-24-51(55)60-52(33-17-35-56(60)63)59-45-27-13-25-41(47-29-15-31-49-43-22-8-11-36-57(43)64-61(47)49)53(45)38-54-42(26-14-28-46(54)59)48-30-16-32-50-44-23-9-12-37-58(44)65-62(48)50;1-3-18-39(19-4-1)63(40-20-5-2-6-21-40)53-32-10-7-22-47(53)60-50(31-15-33-54(60)63)59-45-27-13-25-41(43-29-16-36-57-61(43)48-23-8-11-34-55(48)64-57)51(45)38-52-42(26-14-28-46(52)59)44-30-17-37-58-62(44)49-24-9-12-35-56(49)65-58/h2*1-38H. The lowest BCUT2D eigenvalue weighted by Gasteiger charge is -2.34. The summed E-state index contributed by atoms with van der Waals surface area (Å²) in [4.78, 5) is 0. The number of hydrogen-bond donors (Lipinski definition) is 0.